The molecule has 4 unspecified atom stereocenters. The number of nitrogens with zero attached hydrogens (tertiary/aromatic N) is 1. The van der Waals surface area contributed by atoms with Gasteiger partial charge < -0.3 is 29.7 Å². The molecular formula is C31H34F3N3O4. The van der Waals surface area contributed by atoms with Gasteiger partial charge in [-0.25, -0.2) is 19.0 Å². The van der Waals surface area contributed by atoms with Crippen molar-refractivity contribution < 1.29 is 32.1 Å². The van der Waals surface area contributed by atoms with Crippen LogP contribution in [0.4, 0.5) is 13.2 Å². The molecule has 0 aromatic heterocycles. The zero-order valence-electron chi connectivity index (χ0n) is 22.5. The highest BCUT2D eigenvalue weighted by Gasteiger charge is 2.42. The molecule has 0 aliphatic carbocycles. The average molecular weight is 570 g/mol. The van der Waals surface area contributed by atoms with Gasteiger partial charge in [0.1, 0.15) is 12.2 Å². The van der Waals surface area contributed by atoms with Crippen molar-refractivity contribution in [2.75, 3.05) is 13.2 Å². The summed E-state index contributed by atoms with van der Waals surface area (Å²) in [5.74, 6) is 2.19. The molecule has 4 atom stereocenters. The third-order valence-corrected chi connectivity index (χ3v) is 6.57. The molecule has 7 nitrogen and oxygen atoms in total. The summed E-state index contributed by atoms with van der Waals surface area (Å²) in [6.07, 6.45) is 1.30. The van der Waals surface area contributed by atoms with Crippen molar-refractivity contribution in [3.63, 3.8) is 0 Å². The first-order valence-electron chi connectivity index (χ1n) is 13.2. The molecule has 10 heteroatoms. The van der Waals surface area contributed by atoms with Crippen molar-refractivity contribution in [1.82, 2.24) is 5.01 Å². The fourth-order valence-corrected chi connectivity index (χ4v) is 4.52. The Morgan fingerprint density at radius 3 is 2.17 bits per heavy atom. The van der Waals surface area contributed by atoms with E-state index in [1.807, 2.05) is 60.7 Å². The monoisotopic (exact) mass is 569 g/mol. The summed E-state index contributed by atoms with van der Waals surface area (Å²) in [6.45, 7) is 4.72. The van der Waals surface area contributed by atoms with Crippen LogP contribution in [-0.2, 0) is 32.2 Å². The SMILES string of the molecule is C=CCOC1CC(N(N)/C=C(\N)c2cc(F)c(F)c(F)c2)C(OCc2ccccc2)C(COCc2ccccc2)O1. The molecule has 0 radical (unpaired) electrons. The average Bonchev–Trinajstić information content (AvgIpc) is 2.98. The number of ether oxygens (including phenoxy) is 4. The van der Waals surface area contributed by atoms with E-state index in [1.54, 1.807) is 6.08 Å². The second-order valence-electron chi connectivity index (χ2n) is 9.58. The first-order chi connectivity index (χ1) is 19.9. The first-order valence-corrected chi connectivity index (χ1v) is 13.2. The third kappa shape index (κ3) is 8.42. The van der Waals surface area contributed by atoms with Gasteiger partial charge in [0.15, 0.2) is 23.7 Å². The van der Waals surface area contributed by atoms with Gasteiger partial charge in [-0.15, -0.1) is 6.58 Å². The van der Waals surface area contributed by atoms with Gasteiger partial charge in [0.25, 0.3) is 0 Å². The highest BCUT2D eigenvalue weighted by Crippen LogP contribution is 2.29. The number of hydrogen-bond acceptors (Lipinski definition) is 7. The standard InChI is InChI=1S/C31H34F3N3O4/c1-2-13-39-29-16-27(37(36)17-26(35)23-14-24(32)30(34)25(33)15-23)31(40-19-22-11-7-4-8-12-22)28(41-29)20-38-18-21-9-5-3-6-10-21/h2-12,14-15,17,27-29,31H,1,13,16,18-20,35-36H2/b26-17-. The highest BCUT2D eigenvalue weighted by atomic mass is 19.2. The summed E-state index contributed by atoms with van der Waals surface area (Å²) in [4.78, 5) is 0. The normalized spacial score (nSPS) is 21.0. The molecule has 1 aliphatic rings. The molecular weight excluding hydrogens is 535 g/mol. The predicted molar refractivity (Wildman–Crippen MR) is 149 cm³/mol. The van der Waals surface area contributed by atoms with Gasteiger partial charge in [0.05, 0.1) is 38.2 Å². The minimum Gasteiger partial charge on any atom is -0.397 e. The molecule has 1 fully saturated rings. The van der Waals surface area contributed by atoms with Crippen LogP contribution in [0.3, 0.4) is 0 Å². The van der Waals surface area contributed by atoms with Gasteiger partial charge in [0.2, 0.25) is 0 Å². The van der Waals surface area contributed by atoms with E-state index in [9.17, 15) is 13.2 Å². The largest absolute Gasteiger partial charge is 0.397 e. The van der Waals surface area contributed by atoms with Crippen molar-refractivity contribution in [3.8, 4) is 0 Å². The van der Waals surface area contributed by atoms with E-state index in [0.717, 1.165) is 23.3 Å². The second-order valence-corrected chi connectivity index (χ2v) is 9.58. The van der Waals surface area contributed by atoms with Crippen LogP contribution in [0.15, 0.2) is 91.7 Å². The van der Waals surface area contributed by atoms with E-state index >= 15 is 0 Å². The van der Waals surface area contributed by atoms with Crippen LogP contribution in [0.2, 0.25) is 0 Å². The van der Waals surface area contributed by atoms with Crippen molar-refractivity contribution in [3.05, 3.63) is 126 Å². The smallest absolute Gasteiger partial charge is 0.194 e. The molecule has 41 heavy (non-hydrogen) atoms. The molecule has 4 N–H and O–H groups in total. The van der Waals surface area contributed by atoms with Crippen molar-refractivity contribution in [1.29, 1.82) is 0 Å². The Morgan fingerprint density at radius 2 is 1.56 bits per heavy atom. The summed E-state index contributed by atoms with van der Waals surface area (Å²) >= 11 is 0. The zero-order chi connectivity index (χ0) is 29.2. The van der Waals surface area contributed by atoms with Gasteiger partial charge in [-0.05, 0) is 23.3 Å². The lowest BCUT2D eigenvalue weighted by molar-refractivity contribution is -0.256. The van der Waals surface area contributed by atoms with Crippen LogP contribution in [-0.4, -0.2) is 42.8 Å². The van der Waals surface area contributed by atoms with Crippen LogP contribution in [0, 0.1) is 17.5 Å². The number of hydrazine groups is 1. The van der Waals surface area contributed by atoms with E-state index in [2.05, 4.69) is 6.58 Å². The number of benzene rings is 3. The number of nitrogens with two attached hydrogens (primary N) is 2. The molecule has 0 spiro atoms. The van der Waals surface area contributed by atoms with Crippen LogP contribution in [0.1, 0.15) is 23.1 Å². The number of rotatable bonds is 13. The fourth-order valence-electron chi connectivity index (χ4n) is 4.52. The number of hydrogen-bond donors (Lipinski definition) is 2. The zero-order valence-corrected chi connectivity index (χ0v) is 22.5. The molecule has 3 aromatic rings. The summed E-state index contributed by atoms with van der Waals surface area (Å²) in [7, 11) is 0. The fraction of sp³-hybridized carbons (Fsp3) is 0.290. The molecule has 0 amide bonds. The minimum absolute atomic E-state index is 0.0622. The third-order valence-electron chi connectivity index (χ3n) is 6.57. The lowest BCUT2D eigenvalue weighted by atomic mass is 9.97. The van der Waals surface area contributed by atoms with Gasteiger partial charge in [-0.3, -0.25) is 0 Å². The first kappa shape index (κ1) is 30.3. The lowest BCUT2D eigenvalue weighted by Crippen LogP contribution is -2.59. The van der Waals surface area contributed by atoms with Crippen LogP contribution < -0.4 is 11.6 Å². The van der Waals surface area contributed by atoms with Crippen LogP contribution in [0.5, 0.6) is 0 Å². The van der Waals surface area contributed by atoms with Crippen LogP contribution in [0.25, 0.3) is 5.70 Å². The lowest BCUT2D eigenvalue weighted by Gasteiger charge is -2.44. The van der Waals surface area contributed by atoms with Gasteiger partial charge in [0, 0.05) is 18.2 Å². The van der Waals surface area contributed by atoms with Gasteiger partial charge >= 0.3 is 0 Å². The van der Waals surface area contributed by atoms with E-state index in [1.165, 1.54) is 11.2 Å². The summed E-state index contributed by atoms with van der Waals surface area (Å²) in [6, 6.07) is 20.4. The predicted octanol–water partition coefficient (Wildman–Crippen LogP) is 5.03. The maximum atomic E-state index is 13.9. The van der Waals surface area contributed by atoms with Crippen molar-refractivity contribution in [2.24, 2.45) is 11.6 Å². The van der Waals surface area contributed by atoms with Gasteiger partial charge in [-0.2, -0.15) is 0 Å². The molecule has 4 rings (SSSR count). The van der Waals surface area contributed by atoms with Crippen molar-refractivity contribution in [2.45, 2.75) is 44.2 Å². The summed E-state index contributed by atoms with van der Waals surface area (Å²) in [5.41, 5.74) is 7.94. The molecule has 1 saturated heterocycles. The summed E-state index contributed by atoms with van der Waals surface area (Å²) in [5, 5.41) is 1.31. The Labute approximate surface area is 237 Å². The summed E-state index contributed by atoms with van der Waals surface area (Å²) < 4.78 is 65.7. The maximum absolute atomic E-state index is 13.9. The van der Waals surface area contributed by atoms with Crippen LogP contribution >= 0.6 is 0 Å². The quantitative estimate of drug-likeness (QED) is 0.129. The maximum Gasteiger partial charge on any atom is 0.194 e. The van der Waals surface area contributed by atoms with E-state index in [4.69, 9.17) is 30.5 Å². The minimum atomic E-state index is -1.58. The van der Waals surface area contributed by atoms with Crippen molar-refractivity contribution >= 4 is 5.70 Å². The molecule has 3 aromatic carbocycles. The number of halogens is 3. The molecule has 218 valence electrons. The Hall–Kier alpha value is -3.67. The Kier molecular flexibility index (Phi) is 10.9. The highest BCUT2D eigenvalue weighted by molar-refractivity contribution is 5.62. The molecule has 0 saturated carbocycles. The van der Waals surface area contributed by atoms with E-state index in [0.29, 0.717) is 6.61 Å². The van der Waals surface area contributed by atoms with E-state index in [-0.39, 0.29) is 37.5 Å². The Morgan fingerprint density at radius 1 is 0.951 bits per heavy atom. The topological polar surface area (TPSA) is 92.2 Å². The van der Waals surface area contributed by atoms with E-state index < -0.39 is 42.0 Å². The second kappa shape index (κ2) is 14.8. The Balaban J connectivity index is 1.59. The Bertz CT molecular complexity index is 1270. The molecule has 1 aliphatic heterocycles. The van der Waals surface area contributed by atoms with Gasteiger partial charge in [-0.1, -0.05) is 66.7 Å². The molecule has 1 heterocycles. The molecule has 0 bridgehead atoms.